The second kappa shape index (κ2) is 7.85. The number of rotatable bonds is 5. The Labute approximate surface area is 178 Å². The molecule has 0 spiro atoms. The Balaban J connectivity index is 1.90. The molecular weight excluding hydrogens is 456 g/mol. The molecule has 0 aliphatic carbocycles. The topological polar surface area (TPSA) is 60.8 Å². The molecule has 0 radical (unpaired) electrons. The second-order valence-corrected chi connectivity index (χ2v) is 9.51. The number of sulfonamides is 1. The zero-order chi connectivity index (χ0) is 20.6. The maximum atomic E-state index is 13.6. The summed E-state index contributed by atoms with van der Waals surface area (Å²) in [7, 11) is -0.566. The molecule has 6 nitrogen and oxygen atoms in total. The number of hydrogen-bond donors (Lipinski definition) is 0. The molecule has 1 atom stereocenters. The third-order valence-corrected chi connectivity index (χ3v) is 7.55. The quantitative estimate of drug-likeness (QED) is 0.556. The fourth-order valence-corrected chi connectivity index (χ4v) is 5.57. The van der Waals surface area contributed by atoms with Gasteiger partial charge in [0.1, 0.15) is 11.5 Å². The summed E-state index contributed by atoms with van der Waals surface area (Å²) in [5.41, 5.74) is 1.63. The van der Waals surface area contributed by atoms with Crippen molar-refractivity contribution in [2.45, 2.75) is 17.5 Å². The lowest BCUT2D eigenvalue weighted by Gasteiger charge is -2.37. The highest BCUT2D eigenvalue weighted by Crippen LogP contribution is 2.41. The molecule has 1 aliphatic heterocycles. The molecule has 0 bridgehead atoms. The van der Waals surface area contributed by atoms with Gasteiger partial charge in [-0.1, -0.05) is 15.9 Å². The molecule has 29 heavy (non-hydrogen) atoms. The first-order valence-electron chi connectivity index (χ1n) is 9.10. The predicted molar refractivity (Wildman–Crippen MR) is 114 cm³/mol. The molecule has 0 N–H and O–H groups in total. The summed E-state index contributed by atoms with van der Waals surface area (Å²) in [6.45, 7) is 0.936. The van der Waals surface area contributed by atoms with Crippen molar-refractivity contribution in [3.05, 3.63) is 76.5 Å². The third-order valence-electron chi connectivity index (χ3n) is 5.15. The Morgan fingerprint density at radius 1 is 1.00 bits per heavy atom. The van der Waals surface area contributed by atoms with Gasteiger partial charge in [-0.05, 0) is 54.6 Å². The average Bonchev–Trinajstić information content (AvgIpc) is 3.21. The first-order chi connectivity index (χ1) is 14.0. The standard InChI is InChI=1S/C21H21BrN2O4S/c1-27-16-7-10-20(28-2)18(14-16)21-19-4-3-11-23(19)12-13-24(21)29(25,26)17-8-5-15(22)6-9-17/h3-11,14,21H,12-13H2,1-2H3. The highest BCUT2D eigenvalue weighted by Gasteiger charge is 2.39. The van der Waals surface area contributed by atoms with Gasteiger partial charge in [0.05, 0.1) is 25.2 Å². The van der Waals surface area contributed by atoms with Crippen molar-refractivity contribution in [2.24, 2.45) is 0 Å². The number of benzene rings is 2. The van der Waals surface area contributed by atoms with Crippen molar-refractivity contribution in [2.75, 3.05) is 20.8 Å². The smallest absolute Gasteiger partial charge is 0.244 e. The maximum absolute atomic E-state index is 13.6. The van der Waals surface area contributed by atoms with Crippen LogP contribution < -0.4 is 9.47 Å². The van der Waals surface area contributed by atoms with Crippen molar-refractivity contribution in [1.29, 1.82) is 0 Å². The fourth-order valence-electron chi connectivity index (χ4n) is 3.73. The monoisotopic (exact) mass is 476 g/mol. The first-order valence-corrected chi connectivity index (χ1v) is 11.3. The average molecular weight is 477 g/mol. The van der Waals surface area contributed by atoms with E-state index in [-0.39, 0.29) is 4.90 Å². The van der Waals surface area contributed by atoms with Gasteiger partial charge >= 0.3 is 0 Å². The minimum Gasteiger partial charge on any atom is -0.497 e. The molecule has 8 heteroatoms. The maximum Gasteiger partial charge on any atom is 0.244 e. The van der Waals surface area contributed by atoms with Crippen LogP contribution in [0.3, 0.4) is 0 Å². The van der Waals surface area contributed by atoms with E-state index >= 15 is 0 Å². The van der Waals surface area contributed by atoms with Crippen molar-refractivity contribution in [1.82, 2.24) is 8.87 Å². The van der Waals surface area contributed by atoms with E-state index in [2.05, 4.69) is 20.5 Å². The van der Waals surface area contributed by atoms with Crippen molar-refractivity contribution >= 4 is 26.0 Å². The summed E-state index contributed by atoms with van der Waals surface area (Å²) in [6, 6.07) is 15.5. The molecule has 0 amide bonds. The van der Waals surface area contributed by atoms with Gasteiger partial charge in [-0.25, -0.2) is 8.42 Å². The van der Waals surface area contributed by atoms with Gasteiger partial charge in [0.2, 0.25) is 10.0 Å². The van der Waals surface area contributed by atoms with Crippen LogP contribution in [0.1, 0.15) is 17.3 Å². The summed E-state index contributed by atoms with van der Waals surface area (Å²) >= 11 is 3.37. The Kier molecular flexibility index (Phi) is 5.42. The summed E-state index contributed by atoms with van der Waals surface area (Å²) < 4.78 is 42.6. The molecule has 0 saturated heterocycles. The van der Waals surface area contributed by atoms with E-state index in [1.54, 1.807) is 54.9 Å². The zero-order valence-electron chi connectivity index (χ0n) is 16.1. The minimum absolute atomic E-state index is 0.257. The van der Waals surface area contributed by atoms with Gasteiger partial charge in [-0.2, -0.15) is 4.31 Å². The Bertz CT molecular complexity index is 1130. The largest absolute Gasteiger partial charge is 0.497 e. The highest BCUT2D eigenvalue weighted by molar-refractivity contribution is 9.10. The van der Waals surface area contributed by atoms with E-state index in [1.807, 2.05) is 24.4 Å². The predicted octanol–water partition coefficient (Wildman–Crippen LogP) is 4.06. The number of nitrogens with zero attached hydrogens (tertiary/aromatic N) is 2. The Morgan fingerprint density at radius 3 is 2.45 bits per heavy atom. The first kappa shape index (κ1) is 20.0. The number of ether oxygens (including phenoxy) is 2. The van der Waals surface area contributed by atoms with Crippen molar-refractivity contribution in [3.63, 3.8) is 0 Å². The second-order valence-electron chi connectivity index (χ2n) is 6.71. The zero-order valence-corrected chi connectivity index (χ0v) is 18.5. The van der Waals surface area contributed by atoms with Crippen molar-refractivity contribution < 1.29 is 17.9 Å². The molecule has 4 rings (SSSR count). The van der Waals surface area contributed by atoms with Crippen LogP contribution in [0.25, 0.3) is 0 Å². The Hall–Kier alpha value is -2.29. The molecule has 3 aromatic rings. The molecule has 2 aromatic carbocycles. The van der Waals surface area contributed by atoms with E-state index in [0.717, 1.165) is 15.7 Å². The molecular formula is C21H21BrN2O4S. The van der Waals surface area contributed by atoms with E-state index in [4.69, 9.17) is 9.47 Å². The molecule has 1 aliphatic rings. The fraction of sp³-hybridized carbons (Fsp3) is 0.238. The third kappa shape index (κ3) is 3.56. The lowest BCUT2D eigenvalue weighted by molar-refractivity contribution is 0.289. The molecule has 152 valence electrons. The van der Waals surface area contributed by atoms with Crippen LogP contribution in [-0.2, 0) is 16.6 Å². The van der Waals surface area contributed by atoms with Crippen LogP contribution in [0, 0.1) is 0 Å². The number of hydrogen-bond acceptors (Lipinski definition) is 4. The van der Waals surface area contributed by atoms with E-state index in [0.29, 0.717) is 24.6 Å². The van der Waals surface area contributed by atoms with Crippen LogP contribution in [0.15, 0.2) is 70.2 Å². The van der Waals surface area contributed by atoms with Gasteiger partial charge in [0, 0.05) is 35.0 Å². The molecule has 0 fully saturated rings. The Morgan fingerprint density at radius 2 is 1.76 bits per heavy atom. The summed E-state index contributed by atoms with van der Waals surface area (Å²) in [4.78, 5) is 0.257. The SMILES string of the molecule is COc1ccc(OC)c(C2c3cccn3CCN2S(=O)(=O)c2ccc(Br)cc2)c1. The van der Waals surface area contributed by atoms with Crippen LogP contribution in [0.5, 0.6) is 11.5 Å². The molecule has 0 saturated carbocycles. The van der Waals surface area contributed by atoms with Gasteiger partial charge in [-0.15, -0.1) is 0 Å². The van der Waals surface area contributed by atoms with Crippen LogP contribution in [0.4, 0.5) is 0 Å². The lowest BCUT2D eigenvalue weighted by Crippen LogP contribution is -2.42. The number of aromatic nitrogens is 1. The van der Waals surface area contributed by atoms with Gasteiger partial charge < -0.3 is 14.0 Å². The van der Waals surface area contributed by atoms with Crippen LogP contribution in [-0.4, -0.2) is 38.1 Å². The number of halogens is 1. The molecule has 1 aromatic heterocycles. The van der Waals surface area contributed by atoms with E-state index in [9.17, 15) is 8.42 Å². The van der Waals surface area contributed by atoms with E-state index in [1.165, 1.54) is 0 Å². The van der Waals surface area contributed by atoms with Crippen molar-refractivity contribution in [3.8, 4) is 11.5 Å². The van der Waals surface area contributed by atoms with Gasteiger partial charge in [0.15, 0.2) is 0 Å². The lowest BCUT2D eigenvalue weighted by atomic mass is 10.0. The van der Waals surface area contributed by atoms with E-state index < -0.39 is 16.1 Å². The van der Waals surface area contributed by atoms with Crippen LogP contribution in [0.2, 0.25) is 0 Å². The molecule has 2 heterocycles. The molecule has 1 unspecified atom stereocenters. The summed E-state index contributed by atoms with van der Waals surface area (Å²) in [5.74, 6) is 1.26. The summed E-state index contributed by atoms with van der Waals surface area (Å²) in [6.07, 6.45) is 1.97. The van der Waals surface area contributed by atoms with Gasteiger partial charge in [0.25, 0.3) is 0 Å². The summed E-state index contributed by atoms with van der Waals surface area (Å²) in [5, 5.41) is 0. The normalized spacial score (nSPS) is 17.0. The minimum atomic E-state index is -3.74. The number of fused-ring (bicyclic) bond motifs is 1. The highest BCUT2D eigenvalue weighted by atomic mass is 79.9. The van der Waals surface area contributed by atoms with Crippen LogP contribution >= 0.6 is 15.9 Å². The number of methoxy groups -OCH3 is 2. The van der Waals surface area contributed by atoms with Gasteiger partial charge in [-0.3, -0.25) is 0 Å².